The van der Waals surface area contributed by atoms with Gasteiger partial charge in [0.15, 0.2) is 0 Å². The molecule has 0 aliphatic rings. The lowest BCUT2D eigenvalue weighted by molar-refractivity contribution is 0.229. The first-order valence-corrected chi connectivity index (χ1v) is 7.28. The first-order chi connectivity index (χ1) is 9.81. The van der Waals surface area contributed by atoms with Crippen LogP contribution in [0.15, 0.2) is 53.3 Å². The predicted molar refractivity (Wildman–Crippen MR) is 82.5 cm³/mol. The van der Waals surface area contributed by atoms with E-state index in [1.165, 1.54) is 11.1 Å². The van der Waals surface area contributed by atoms with Crippen molar-refractivity contribution in [1.29, 1.82) is 0 Å². The van der Waals surface area contributed by atoms with Crippen molar-refractivity contribution >= 4 is 0 Å². The Morgan fingerprint density at radius 3 is 2.65 bits per heavy atom. The van der Waals surface area contributed by atoms with Crippen LogP contribution in [0.3, 0.4) is 0 Å². The van der Waals surface area contributed by atoms with Crippen LogP contribution in [0.1, 0.15) is 30.5 Å². The molecule has 1 aromatic heterocycles. The summed E-state index contributed by atoms with van der Waals surface area (Å²) in [4.78, 5) is 2.36. The Kier molecular flexibility index (Phi) is 5.84. The molecule has 1 atom stereocenters. The van der Waals surface area contributed by atoms with Crippen LogP contribution in [-0.2, 0) is 6.54 Å². The summed E-state index contributed by atoms with van der Waals surface area (Å²) in [7, 11) is 2.16. The number of nitrogens with zero attached hydrogens (tertiary/aromatic N) is 1. The minimum atomic E-state index is 0.373. The number of hydrogen-bond acceptors (Lipinski definition) is 3. The van der Waals surface area contributed by atoms with Gasteiger partial charge in [0.05, 0.1) is 12.5 Å². The van der Waals surface area contributed by atoms with E-state index < -0.39 is 0 Å². The second kappa shape index (κ2) is 7.88. The second-order valence-corrected chi connectivity index (χ2v) is 5.18. The predicted octanol–water partition coefficient (Wildman–Crippen LogP) is 3.45. The van der Waals surface area contributed by atoms with E-state index in [-0.39, 0.29) is 0 Å². The molecule has 1 N–H and O–H groups in total. The molecule has 20 heavy (non-hydrogen) atoms. The normalized spacial score (nSPS) is 12.8. The van der Waals surface area contributed by atoms with E-state index in [1.54, 1.807) is 6.26 Å². The zero-order chi connectivity index (χ0) is 14.2. The molecule has 0 bridgehead atoms. The van der Waals surface area contributed by atoms with Gasteiger partial charge in [0.1, 0.15) is 0 Å². The summed E-state index contributed by atoms with van der Waals surface area (Å²) in [5.74, 6) is 0. The van der Waals surface area contributed by atoms with Crippen LogP contribution in [0.2, 0.25) is 0 Å². The van der Waals surface area contributed by atoms with Crippen molar-refractivity contribution in [3.63, 3.8) is 0 Å². The van der Waals surface area contributed by atoms with E-state index in [4.69, 9.17) is 4.42 Å². The molecule has 0 amide bonds. The second-order valence-electron chi connectivity index (χ2n) is 5.18. The molecule has 3 heteroatoms. The minimum absolute atomic E-state index is 0.373. The lowest BCUT2D eigenvalue weighted by atomic mass is 10.1. The third kappa shape index (κ3) is 4.22. The molecule has 1 aromatic carbocycles. The fraction of sp³-hybridized carbons (Fsp3) is 0.412. The smallest absolute Gasteiger partial charge is 0.0947 e. The van der Waals surface area contributed by atoms with Crippen molar-refractivity contribution in [2.45, 2.75) is 25.9 Å². The van der Waals surface area contributed by atoms with Gasteiger partial charge in [-0.15, -0.1) is 0 Å². The van der Waals surface area contributed by atoms with Crippen LogP contribution >= 0.6 is 0 Å². The highest BCUT2D eigenvalue weighted by atomic mass is 16.3. The summed E-state index contributed by atoms with van der Waals surface area (Å²) in [6.07, 6.45) is 4.71. The highest BCUT2D eigenvalue weighted by Crippen LogP contribution is 2.20. The fourth-order valence-electron chi connectivity index (χ4n) is 2.40. The van der Waals surface area contributed by atoms with Crippen molar-refractivity contribution < 1.29 is 4.42 Å². The first-order valence-electron chi connectivity index (χ1n) is 7.28. The quantitative estimate of drug-likeness (QED) is 0.746. The van der Waals surface area contributed by atoms with Crippen molar-refractivity contribution in [1.82, 2.24) is 10.2 Å². The van der Waals surface area contributed by atoms with Gasteiger partial charge in [0, 0.05) is 24.7 Å². The zero-order valence-electron chi connectivity index (χ0n) is 12.4. The Morgan fingerprint density at radius 1 is 1.20 bits per heavy atom. The SMILES string of the molecule is CCCNCC(c1ccccc1)N(C)Cc1ccoc1. The topological polar surface area (TPSA) is 28.4 Å². The zero-order valence-corrected chi connectivity index (χ0v) is 12.4. The molecule has 1 heterocycles. The number of hydrogen-bond donors (Lipinski definition) is 1. The van der Waals surface area contributed by atoms with Crippen molar-refractivity contribution in [3.8, 4) is 0 Å². The van der Waals surface area contributed by atoms with Gasteiger partial charge >= 0.3 is 0 Å². The molecule has 0 aliphatic carbocycles. The van der Waals surface area contributed by atoms with Crippen LogP contribution in [0.25, 0.3) is 0 Å². The highest BCUT2D eigenvalue weighted by Gasteiger charge is 2.16. The van der Waals surface area contributed by atoms with Gasteiger partial charge in [-0.1, -0.05) is 37.3 Å². The maximum atomic E-state index is 5.16. The molecular formula is C17H24N2O. The average molecular weight is 272 g/mol. The van der Waals surface area contributed by atoms with E-state index in [1.807, 2.05) is 12.3 Å². The molecule has 2 rings (SSSR count). The molecule has 2 aromatic rings. The molecule has 108 valence electrons. The highest BCUT2D eigenvalue weighted by molar-refractivity contribution is 5.20. The van der Waals surface area contributed by atoms with Gasteiger partial charge in [0.2, 0.25) is 0 Å². The summed E-state index contributed by atoms with van der Waals surface area (Å²) < 4.78 is 5.16. The van der Waals surface area contributed by atoms with Crippen LogP contribution in [0.4, 0.5) is 0 Å². The molecule has 0 spiro atoms. The Hall–Kier alpha value is -1.58. The molecule has 0 radical (unpaired) electrons. The maximum Gasteiger partial charge on any atom is 0.0947 e. The van der Waals surface area contributed by atoms with E-state index >= 15 is 0 Å². The van der Waals surface area contributed by atoms with Gasteiger partial charge in [-0.3, -0.25) is 4.90 Å². The average Bonchev–Trinajstić information content (AvgIpc) is 2.97. The van der Waals surface area contributed by atoms with E-state index in [0.29, 0.717) is 6.04 Å². The van der Waals surface area contributed by atoms with Crippen LogP contribution in [-0.4, -0.2) is 25.0 Å². The fourth-order valence-corrected chi connectivity index (χ4v) is 2.40. The number of nitrogens with one attached hydrogen (secondary N) is 1. The Balaban J connectivity index is 2.04. The van der Waals surface area contributed by atoms with Crippen LogP contribution < -0.4 is 5.32 Å². The molecule has 0 saturated heterocycles. The first kappa shape index (κ1) is 14.8. The Bertz CT molecular complexity index is 467. The molecule has 0 fully saturated rings. The molecule has 0 aliphatic heterocycles. The lowest BCUT2D eigenvalue weighted by Crippen LogP contribution is -2.33. The van der Waals surface area contributed by atoms with Gasteiger partial charge < -0.3 is 9.73 Å². The monoisotopic (exact) mass is 272 g/mol. The van der Waals surface area contributed by atoms with Crippen molar-refractivity contribution in [2.24, 2.45) is 0 Å². The van der Waals surface area contributed by atoms with Crippen LogP contribution in [0.5, 0.6) is 0 Å². The number of benzene rings is 1. The van der Waals surface area contributed by atoms with E-state index in [2.05, 4.69) is 54.5 Å². The van der Waals surface area contributed by atoms with Crippen LogP contribution in [0, 0.1) is 0 Å². The number of likely N-dealkylation sites (N-methyl/N-ethyl adjacent to an activating group) is 1. The third-order valence-corrected chi connectivity index (χ3v) is 3.49. The molecule has 1 unspecified atom stereocenters. The summed E-state index contributed by atoms with van der Waals surface area (Å²) in [5, 5.41) is 3.53. The largest absolute Gasteiger partial charge is 0.472 e. The van der Waals surface area contributed by atoms with Crippen molar-refractivity contribution in [2.75, 3.05) is 20.1 Å². The summed E-state index contributed by atoms with van der Waals surface area (Å²) in [5.41, 5.74) is 2.56. The van der Waals surface area contributed by atoms with E-state index in [9.17, 15) is 0 Å². The lowest BCUT2D eigenvalue weighted by Gasteiger charge is -2.28. The van der Waals surface area contributed by atoms with Crippen molar-refractivity contribution in [3.05, 3.63) is 60.1 Å². The molecular weight excluding hydrogens is 248 g/mol. The van der Waals surface area contributed by atoms with Gasteiger partial charge in [0.25, 0.3) is 0 Å². The van der Waals surface area contributed by atoms with Gasteiger partial charge in [-0.05, 0) is 31.6 Å². The summed E-state index contributed by atoms with van der Waals surface area (Å²) in [6, 6.07) is 13.1. The van der Waals surface area contributed by atoms with Gasteiger partial charge in [-0.25, -0.2) is 0 Å². The van der Waals surface area contributed by atoms with Gasteiger partial charge in [-0.2, -0.15) is 0 Å². The minimum Gasteiger partial charge on any atom is -0.472 e. The third-order valence-electron chi connectivity index (χ3n) is 3.49. The molecule has 0 saturated carbocycles. The molecule has 3 nitrogen and oxygen atoms in total. The standard InChI is InChI=1S/C17H24N2O/c1-3-10-18-12-17(16-7-5-4-6-8-16)19(2)13-15-9-11-20-14-15/h4-9,11,14,17-18H,3,10,12-13H2,1-2H3. The Morgan fingerprint density at radius 2 is 2.00 bits per heavy atom. The maximum absolute atomic E-state index is 5.16. The summed E-state index contributed by atoms with van der Waals surface area (Å²) >= 11 is 0. The van der Waals surface area contributed by atoms with E-state index in [0.717, 1.165) is 26.1 Å². The summed E-state index contributed by atoms with van der Waals surface area (Å²) in [6.45, 7) is 5.11. The number of furan rings is 1. The number of rotatable bonds is 8. The Labute approximate surface area is 121 Å².